The molecule has 0 spiro atoms. The van der Waals surface area contributed by atoms with Gasteiger partial charge in [0, 0.05) is 23.2 Å². The zero-order valence-electron chi connectivity index (χ0n) is 13.1. The van der Waals surface area contributed by atoms with Crippen LogP contribution in [0.4, 0.5) is 0 Å². The Labute approximate surface area is 134 Å². The maximum Gasteiger partial charge on any atom is 0.132 e. The first-order valence-electron chi connectivity index (χ1n) is 7.54. The van der Waals surface area contributed by atoms with E-state index in [4.69, 9.17) is 9.47 Å². The highest BCUT2D eigenvalue weighted by molar-refractivity contribution is 6.12. The fourth-order valence-electron chi connectivity index (χ4n) is 3.17. The largest absolute Gasteiger partial charge is 0.497 e. The maximum absolute atomic E-state index is 5.63. The number of methoxy groups -OCH3 is 2. The third-order valence-electron chi connectivity index (χ3n) is 4.18. The summed E-state index contributed by atoms with van der Waals surface area (Å²) in [7, 11) is 3.37. The Bertz CT molecular complexity index is 987. The van der Waals surface area contributed by atoms with Gasteiger partial charge in [0.1, 0.15) is 11.5 Å². The lowest BCUT2D eigenvalue weighted by molar-refractivity contribution is 0.398. The number of hydrogen-bond acceptors (Lipinski definition) is 2. The normalized spacial score (nSPS) is 11.0. The number of hydrogen-bond donors (Lipinski definition) is 0. The van der Waals surface area contributed by atoms with Gasteiger partial charge in [0.2, 0.25) is 0 Å². The van der Waals surface area contributed by atoms with Crippen LogP contribution in [0.2, 0.25) is 0 Å². The highest BCUT2D eigenvalue weighted by Gasteiger charge is 2.16. The maximum atomic E-state index is 5.63. The molecule has 0 aliphatic rings. The van der Waals surface area contributed by atoms with Gasteiger partial charge in [-0.15, -0.1) is 0 Å². The molecule has 0 N–H and O–H groups in total. The molecule has 3 aromatic carbocycles. The first-order chi connectivity index (χ1) is 11.3. The molecule has 0 unspecified atom stereocenters. The lowest BCUT2D eigenvalue weighted by Gasteiger charge is -2.10. The second-order valence-electron chi connectivity index (χ2n) is 5.41. The molecule has 23 heavy (non-hydrogen) atoms. The molecule has 0 aliphatic carbocycles. The Kier molecular flexibility index (Phi) is 3.19. The van der Waals surface area contributed by atoms with E-state index in [1.54, 1.807) is 14.2 Å². The minimum atomic E-state index is 0.786. The number of aromatic nitrogens is 1. The number of nitrogens with zero attached hydrogens (tertiary/aromatic N) is 1. The molecule has 0 saturated heterocycles. The topological polar surface area (TPSA) is 23.4 Å². The summed E-state index contributed by atoms with van der Waals surface area (Å²) >= 11 is 0. The molecule has 4 rings (SSSR count). The molecule has 114 valence electrons. The van der Waals surface area contributed by atoms with Gasteiger partial charge in [0.15, 0.2) is 0 Å². The van der Waals surface area contributed by atoms with Crippen molar-refractivity contribution in [2.24, 2.45) is 0 Å². The Morgan fingerprint density at radius 2 is 1.48 bits per heavy atom. The fourth-order valence-corrected chi connectivity index (χ4v) is 3.17. The van der Waals surface area contributed by atoms with Crippen molar-refractivity contribution in [3.63, 3.8) is 0 Å². The number of ether oxygens (including phenoxy) is 2. The second kappa shape index (κ2) is 5.36. The van der Waals surface area contributed by atoms with E-state index in [0.29, 0.717) is 0 Å². The van der Waals surface area contributed by atoms with Crippen LogP contribution in [0.15, 0.2) is 66.7 Å². The fraction of sp³-hybridized carbons (Fsp3) is 0.100. The molecule has 0 radical (unpaired) electrons. The summed E-state index contributed by atoms with van der Waals surface area (Å²) in [6.07, 6.45) is 0. The van der Waals surface area contributed by atoms with Gasteiger partial charge in [-0.1, -0.05) is 36.4 Å². The van der Waals surface area contributed by atoms with Crippen molar-refractivity contribution in [3.8, 4) is 17.2 Å². The van der Waals surface area contributed by atoms with Crippen molar-refractivity contribution < 1.29 is 9.47 Å². The summed E-state index contributed by atoms with van der Waals surface area (Å²) in [5, 5.41) is 2.28. The molecule has 3 nitrogen and oxygen atoms in total. The van der Waals surface area contributed by atoms with E-state index in [1.165, 1.54) is 5.39 Å². The van der Waals surface area contributed by atoms with Gasteiger partial charge in [0.05, 0.1) is 30.6 Å². The van der Waals surface area contributed by atoms with Crippen molar-refractivity contribution >= 4 is 21.8 Å². The van der Waals surface area contributed by atoms with Gasteiger partial charge in [-0.3, -0.25) is 0 Å². The molecule has 0 fully saturated rings. The predicted octanol–water partition coefficient (Wildman–Crippen LogP) is 4.80. The quantitative estimate of drug-likeness (QED) is 0.542. The van der Waals surface area contributed by atoms with E-state index >= 15 is 0 Å². The summed E-state index contributed by atoms with van der Waals surface area (Å²) in [6, 6.07) is 22.7. The van der Waals surface area contributed by atoms with Crippen LogP contribution < -0.4 is 9.47 Å². The van der Waals surface area contributed by atoms with E-state index in [9.17, 15) is 0 Å². The summed E-state index contributed by atoms with van der Waals surface area (Å²) in [5.74, 6) is 1.61. The second-order valence-corrected chi connectivity index (χ2v) is 5.41. The molecule has 0 amide bonds. The molecule has 0 saturated carbocycles. The summed E-state index contributed by atoms with van der Waals surface area (Å²) in [4.78, 5) is 0. The minimum absolute atomic E-state index is 0.786. The van der Waals surface area contributed by atoms with Gasteiger partial charge >= 0.3 is 0 Å². The lowest BCUT2D eigenvalue weighted by Crippen LogP contribution is -1.94. The Morgan fingerprint density at radius 3 is 2.22 bits per heavy atom. The van der Waals surface area contributed by atoms with Crippen LogP contribution in [0.5, 0.6) is 11.5 Å². The molecule has 0 atom stereocenters. The van der Waals surface area contributed by atoms with Gasteiger partial charge in [-0.2, -0.15) is 0 Å². The van der Waals surface area contributed by atoms with Gasteiger partial charge < -0.3 is 14.0 Å². The first-order valence-corrected chi connectivity index (χ1v) is 7.54. The van der Waals surface area contributed by atoms with E-state index in [0.717, 1.165) is 33.6 Å². The zero-order chi connectivity index (χ0) is 15.8. The molecule has 0 aliphatic heterocycles. The third kappa shape index (κ3) is 2.05. The van der Waals surface area contributed by atoms with Crippen LogP contribution in [0.1, 0.15) is 0 Å². The molecule has 0 bridgehead atoms. The predicted molar refractivity (Wildman–Crippen MR) is 93.9 cm³/mol. The first kappa shape index (κ1) is 13.7. The SMILES string of the molecule is COc1cc(OC)c2c3ccccc3n(-c3ccccc3)c2c1. The number of rotatable bonds is 3. The summed E-state index contributed by atoms with van der Waals surface area (Å²) < 4.78 is 13.3. The highest BCUT2D eigenvalue weighted by Crippen LogP contribution is 2.40. The molecule has 1 heterocycles. The van der Waals surface area contributed by atoms with Crippen LogP contribution in [0.25, 0.3) is 27.5 Å². The smallest absolute Gasteiger partial charge is 0.132 e. The van der Waals surface area contributed by atoms with Crippen molar-refractivity contribution in [3.05, 3.63) is 66.7 Å². The van der Waals surface area contributed by atoms with Gasteiger partial charge in [-0.05, 0) is 18.2 Å². The van der Waals surface area contributed by atoms with E-state index < -0.39 is 0 Å². The van der Waals surface area contributed by atoms with Gasteiger partial charge in [0.25, 0.3) is 0 Å². The lowest BCUT2D eigenvalue weighted by atomic mass is 10.1. The minimum Gasteiger partial charge on any atom is -0.497 e. The highest BCUT2D eigenvalue weighted by atomic mass is 16.5. The Balaban J connectivity index is 2.22. The van der Waals surface area contributed by atoms with Crippen LogP contribution in [0, 0.1) is 0 Å². The molecular weight excluding hydrogens is 286 g/mol. The zero-order valence-corrected chi connectivity index (χ0v) is 13.1. The van der Waals surface area contributed by atoms with Gasteiger partial charge in [-0.25, -0.2) is 0 Å². The molecule has 3 heteroatoms. The van der Waals surface area contributed by atoms with E-state index in [-0.39, 0.29) is 0 Å². The van der Waals surface area contributed by atoms with Crippen molar-refractivity contribution in [2.75, 3.05) is 14.2 Å². The van der Waals surface area contributed by atoms with Crippen molar-refractivity contribution in [1.29, 1.82) is 0 Å². The number of para-hydroxylation sites is 2. The van der Waals surface area contributed by atoms with Crippen molar-refractivity contribution in [2.45, 2.75) is 0 Å². The third-order valence-corrected chi connectivity index (χ3v) is 4.18. The monoisotopic (exact) mass is 303 g/mol. The van der Waals surface area contributed by atoms with Crippen molar-refractivity contribution in [1.82, 2.24) is 4.57 Å². The Morgan fingerprint density at radius 1 is 0.739 bits per heavy atom. The number of fused-ring (bicyclic) bond motifs is 3. The Hall–Kier alpha value is -2.94. The number of benzene rings is 3. The standard InChI is InChI=1S/C20H17NO2/c1-22-15-12-18-20(19(13-15)23-2)16-10-6-7-11-17(16)21(18)14-8-4-3-5-9-14/h3-13H,1-2H3. The van der Waals surface area contributed by atoms with E-state index in [2.05, 4.69) is 47.0 Å². The average molecular weight is 303 g/mol. The molecule has 1 aromatic heterocycles. The summed E-state index contributed by atoms with van der Waals surface area (Å²) in [5.41, 5.74) is 3.35. The van der Waals surface area contributed by atoms with Crippen LogP contribution >= 0.6 is 0 Å². The van der Waals surface area contributed by atoms with Crippen LogP contribution in [-0.2, 0) is 0 Å². The summed E-state index contributed by atoms with van der Waals surface area (Å²) in [6.45, 7) is 0. The average Bonchev–Trinajstić information content (AvgIpc) is 2.95. The molecule has 4 aromatic rings. The molecular formula is C20H17NO2. The van der Waals surface area contributed by atoms with E-state index in [1.807, 2.05) is 24.3 Å². The van der Waals surface area contributed by atoms with Crippen LogP contribution in [0.3, 0.4) is 0 Å². The van der Waals surface area contributed by atoms with Crippen LogP contribution in [-0.4, -0.2) is 18.8 Å².